The van der Waals surface area contributed by atoms with Crippen molar-refractivity contribution < 1.29 is 19.1 Å². The smallest absolute Gasteiger partial charge is 0.305 e. The summed E-state index contributed by atoms with van der Waals surface area (Å²) in [5, 5.41) is 11.7. The van der Waals surface area contributed by atoms with E-state index in [2.05, 4.69) is 5.32 Å². The number of aliphatic carboxylic acids is 1. The van der Waals surface area contributed by atoms with Crippen LogP contribution in [0.1, 0.15) is 28.6 Å². The zero-order valence-corrected chi connectivity index (χ0v) is 11.1. The molecule has 1 unspecified atom stereocenters. The Labute approximate surface area is 120 Å². The first-order valence-corrected chi connectivity index (χ1v) is 6.27. The molecule has 2 rings (SSSR count). The van der Waals surface area contributed by atoms with Crippen LogP contribution in [0.2, 0.25) is 5.22 Å². The van der Waals surface area contributed by atoms with Crippen LogP contribution >= 0.6 is 11.6 Å². The predicted molar refractivity (Wildman–Crippen MR) is 72.6 cm³/mol. The highest BCUT2D eigenvalue weighted by Gasteiger charge is 2.20. The van der Waals surface area contributed by atoms with Crippen molar-refractivity contribution in [3.63, 3.8) is 0 Å². The van der Waals surface area contributed by atoms with Crippen molar-refractivity contribution in [2.24, 2.45) is 0 Å². The highest BCUT2D eigenvalue weighted by atomic mass is 35.5. The molecule has 0 bridgehead atoms. The van der Waals surface area contributed by atoms with Crippen molar-refractivity contribution in [2.75, 3.05) is 0 Å². The lowest BCUT2D eigenvalue weighted by molar-refractivity contribution is -0.137. The largest absolute Gasteiger partial charge is 0.481 e. The van der Waals surface area contributed by atoms with Gasteiger partial charge in [-0.25, -0.2) is 0 Å². The molecule has 6 heteroatoms. The third-order valence-electron chi connectivity index (χ3n) is 2.68. The van der Waals surface area contributed by atoms with Crippen LogP contribution < -0.4 is 5.32 Å². The van der Waals surface area contributed by atoms with Crippen molar-refractivity contribution in [1.29, 1.82) is 0 Å². The number of halogens is 1. The number of carboxylic acid groups (broad SMARTS) is 1. The zero-order chi connectivity index (χ0) is 14.5. The summed E-state index contributed by atoms with van der Waals surface area (Å²) in [7, 11) is 0. The molecule has 0 saturated carbocycles. The molecule has 2 aromatic rings. The molecule has 1 heterocycles. The highest BCUT2D eigenvalue weighted by molar-refractivity contribution is 6.29. The van der Waals surface area contributed by atoms with Gasteiger partial charge in [0.2, 0.25) is 0 Å². The Balaban J connectivity index is 2.16. The van der Waals surface area contributed by atoms with Crippen LogP contribution in [-0.4, -0.2) is 17.0 Å². The van der Waals surface area contributed by atoms with Crippen LogP contribution in [0.25, 0.3) is 0 Å². The highest BCUT2D eigenvalue weighted by Crippen LogP contribution is 2.19. The van der Waals surface area contributed by atoms with Gasteiger partial charge in [0, 0.05) is 0 Å². The lowest BCUT2D eigenvalue weighted by Gasteiger charge is -2.16. The van der Waals surface area contributed by atoms with Gasteiger partial charge in [0.1, 0.15) is 0 Å². The Kier molecular flexibility index (Phi) is 4.42. The molecular weight excluding hydrogens is 282 g/mol. The summed E-state index contributed by atoms with van der Waals surface area (Å²) in [5.74, 6) is -1.47. The molecule has 20 heavy (non-hydrogen) atoms. The maximum absolute atomic E-state index is 12.0. The van der Waals surface area contributed by atoms with Crippen molar-refractivity contribution in [3.8, 4) is 0 Å². The molecule has 1 amide bonds. The van der Waals surface area contributed by atoms with E-state index in [1.807, 2.05) is 6.07 Å². The maximum Gasteiger partial charge on any atom is 0.305 e. The lowest BCUT2D eigenvalue weighted by Crippen LogP contribution is -2.29. The van der Waals surface area contributed by atoms with Crippen LogP contribution in [0.15, 0.2) is 46.9 Å². The second-order valence-corrected chi connectivity index (χ2v) is 4.51. The Bertz CT molecular complexity index is 609. The Morgan fingerprint density at radius 1 is 1.20 bits per heavy atom. The number of hydrogen-bond donors (Lipinski definition) is 2. The van der Waals surface area contributed by atoms with Crippen molar-refractivity contribution in [2.45, 2.75) is 12.5 Å². The molecular formula is C14H12ClNO4. The topological polar surface area (TPSA) is 79.5 Å². The molecule has 0 aliphatic heterocycles. The fraction of sp³-hybridized carbons (Fsp3) is 0.143. The minimum Gasteiger partial charge on any atom is -0.481 e. The normalized spacial score (nSPS) is 11.8. The summed E-state index contributed by atoms with van der Waals surface area (Å²) in [4.78, 5) is 22.9. The fourth-order valence-electron chi connectivity index (χ4n) is 1.78. The summed E-state index contributed by atoms with van der Waals surface area (Å²) in [5.41, 5.74) is 0.709. The molecule has 5 nitrogen and oxygen atoms in total. The summed E-state index contributed by atoms with van der Waals surface area (Å²) >= 11 is 5.60. The molecule has 2 N–H and O–H groups in total. The minimum atomic E-state index is -1.00. The number of nitrogens with one attached hydrogen (secondary N) is 1. The summed E-state index contributed by atoms with van der Waals surface area (Å²) < 4.78 is 4.99. The molecule has 1 aromatic carbocycles. The van der Waals surface area contributed by atoms with Gasteiger partial charge < -0.3 is 14.8 Å². The van der Waals surface area contributed by atoms with E-state index in [-0.39, 0.29) is 17.4 Å². The molecule has 104 valence electrons. The lowest BCUT2D eigenvalue weighted by atomic mass is 10.0. The van der Waals surface area contributed by atoms with Crippen molar-refractivity contribution >= 4 is 23.5 Å². The number of benzene rings is 1. The average molecular weight is 294 g/mol. The fourth-order valence-corrected chi connectivity index (χ4v) is 1.92. The second-order valence-electron chi connectivity index (χ2n) is 4.14. The number of carboxylic acids is 1. The zero-order valence-electron chi connectivity index (χ0n) is 10.4. The van der Waals surface area contributed by atoms with Gasteiger partial charge in [0.05, 0.1) is 12.5 Å². The first-order chi connectivity index (χ1) is 9.56. The third-order valence-corrected chi connectivity index (χ3v) is 2.89. The van der Waals surface area contributed by atoms with E-state index in [1.54, 1.807) is 24.3 Å². The van der Waals surface area contributed by atoms with Gasteiger partial charge in [-0.05, 0) is 29.3 Å². The van der Waals surface area contributed by atoms with E-state index in [1.165, 1.54) is 12.1 Å². The monoisotopic (exact) mass is 293 g/mol. The van der Waals surface area contributed by atoms with E-state index < -0.39 is 17.9 Å². The SMILES string of the molecule is O=C(O)CC(NC(=O)c1ccc(Cl)o1)c1ccccc1. The maximum atomic E-state index is 12.0. The molecule has 0 radical (unpaired) electrons. The number of rotatable bonds is 5. The van der Waals surface area contributed by atoms with E-state index in [0.717, 1.165) is 0 Å². The Morgan fingerprint density at radius 3 is 2.45 bits per heavy atom. The Hall–Kier alpha value is -2.27. The first-order valence-electron chi connectivity index (χ1n) is 5.89. The van der Waals surface area contributed by atoms with Crippen LogP contribution in [0.5, 0.6) is 0 Å². The van der Waals surface area contributed by atoms with Crippen LogP contribution in [0, 0.1) is 0 Å². The van der Waals surface area contributed by atoms with E-state index in [4.69, 9.17) is 21.1 Å². The number of amides is 1. The predicted octanol–water partition coefficient (Wildman–Crippen LogP) is 2.88. The number of furan rings is 1. The van der Waals surface area contributed by atoms with Crippen LogP contribution in [0.3, 0.4) is 0 Å². The van der Waals surface area contributed by atoms with Gasteiger partial charge in [0.15, 0.2) is 11.0 Å². The first kappa shape index (κ1) is 14.1. The summed E-state index contributed by atoms with van der Waals surface area (Å²) in [6.45, 7) is 0. The molecule has 1 atom stereocenters. The van der Waals surface area contributed by atoms with Crippen LogP contribution in [-0.2, 0) is 4.79 Å². The van der Waals surface area contributed by atoms with E-state index in [0.29, 0.717) is 5.56 Å². The van der Waals surface area contributed by atoms with Crippen molar-refractivity contribution in [3.05, 3.63) is 59.0 Å². The van der Waals surface area contributed by atoms with Gasteiger partial charge in [-0.1, -0.05) is 30.3 Å². The van der Waals surface area contributed by atoms with Gasteiger partial charge in [-0.15, -0.1) is 0 Å². The van der Waals surface area contributed by atoms with Gasteiger partial charge in [-0.3, -0.25) is 9.59 Å². The van der Waals surface area contributed by atoms with E-state index >= 15 is 0 Å². The average Bonchev–Trinajstić information content (AvgIpc) is 2.85. The Morgan fingerprint density at radius 2 is 1.90 bits per heavy atom. The van der Waals surface area contributed by atoms with Crippen LogP contribution in [0.4, 0.5) is 0 Å². The molecule has 1 aromatic heterocycles. The standard InChI is InChI=1S/C14H12ClNO4/c15-12-7-6-11(20-12)14(19)16-10(8-13(17)18)9-4-2-1-3-5-9/h1-7,10H,8H2,(H,16,19)(H,17,18). The molecule has 0 fully saturated rings. The number of carbonyl (C=O) groups is 2. The molecule has 0 aliphatic carbocycles. The summed E-state index contributed by atoms with van der Waals surface area (Å²) in [6, 6.07) is 11.1. The quantitative estimate of drug-likeness (QED) is 0.888. The third kappa shape index (κ3) is 3.61. The van der Waals surface area contributed by atoms with Gasteiger partial charge in [-0.2, -0.15) is 0 Å². The second kappa shape index (κ2) is 6.25. The molecule has 0 spiro atoms. The molecule has 0 aliphatic rings. The van der Waals surface area contributed by atoms with E-state index in [9.17, 15) is 9.59 Å². The number of hydrogen-bond acceptors (Lipinski definition) is 3. The number of carbonyl (C=O) groups excluding carboxylic acids is 1. The summed E-state index contributed by atoms with van der Waals surface area (Å²) in [6.07, 6.45) is -0.218. The van der Waals surface area contributed by atoms with Gasteiger partial charge >= 0.3 is 5.97 Å². The molecule has 0 saturated heterocycles. The van der Waals surface area contributed by atoms with Crippen molar-refractivity contribution in [1.82, 2.24) is 5.32 Å². The van der Waals surface area contributed by atoms with Gasteiger partial charge in [0.25, 0.3) is 5.91 Å². The minimum absolute atomic E-state index is 0.0429.